The molecule has 1 amide bonds. The first-order valence-corrected chi connectivity index (χ1v) is 6.11. The molecule has 0 aromatic heterocycles. The van der Waals surface area contributed by atoms with E-state index in [0.29, 0.717) is 6.42 Å². The van der Waals surface area contributed by atoms with Crippen LogP contribution in [-0.4, -0.2) is 11.7 Å². The number of hydrogen-bond acceptors (Lipinski definition) is 3. The summed E-state index contributed by atoms with van der Waals surface area (Å²) in [5, 5.41) is 0. The van der Waals surface area contributed by atoms with Gasteiger partial charge in [-0.2, -0.15) is 0 Å². The monoisotopic (exact) mass is 299 g/mol. The fourth-order valence-corrected chi connectivity index (χ4v) is 2.38. The molecule has 1 aromatic rings. The van der Waals surface area contributed by atoms with E-state index in [1.807, 2.05) is 32.0 Å². The molecule has 17 heavy (non-hydrogen) atoms. The normalized spacial score (nSPS) is 21.2. The van der Waals surface area contributed by atoms with E-state index in [1.54, 1.807) is 0 Å². The SMILES string of the molecule is CC1(C)CC(OC(N)=O)c2cc(Br)ccc2O1. The lowest BCUT2D eigenvalue weighted by Crippen LogP contribution is -2.36. The lowest BCUT2D eigenvalue weighted by atomic mass is 9.92. The summed E-state index contributed by atoms with van der Waals surface area (Å²) in [6.45, 7) is 3.91. The summed E-state index contributed by atoms with van der Waals surface area (Å²) >= 11 is 3.39. The maximum Gasteiger partial charge on any atom is 0.405 e. The third-order valence-electron chi connectivity index (χ3n) is 2.64. The minimum absolute atomic E-state index is 0.358. The van der Waals surface area contributed by atoms with E-state index in [4.69, 9.17) is 15.2 Å². The van der Waals surface area contributed by atoms with Crippen LogP contribution in [-0.2, 0) is 4.74 Å². The second-order valence-electron chi connectivity index (χ2n) is 4.67. The van der Waals surface area contributed by atoms with E-state index < -0.39 is 6.09 Å². The quantitative estimate of drug-likeness (QED) is 0.866. The second kappa shape index (κ2) is 4.22. The van der Waals surface area contributed by atoms with Crippen LogP contribution in [0.1, 0.15) is 31.9 Å². The molecule has 0 bridgehead atoms. The third-order valence-corrected chi connectivity index (χ3v) is 3.13. The predicted octanol–water partition coefficient (Wildman–Crippen LogP) is 3.15. The Bertz CT molecular complexity index is 459. The fourth-order valence-electron chi connectivity index (χ4n) is 2.01. The molecule has 1 atom stereocenters. The van der Waals surface area contributed by atoms with Gasteiger partial charge in [0.15, 0.2) is 0 Å². The van der Waals surface area contributed by atoms with Crippen molar-refractivity contribution in [2.45, 2.75) is 32.0 Å². The molecule has 1 aliphatic heterocycles. The van der Waals surface area contributed by atoms with E-state index in [1.165, 1.54) is 0 Å². The number of primary amides is 1. The van der Waals surface area contributed by atoms with Crippen LogP contribution < -0.4 is 10.5 Å². The Morgan fingerprint density at radius 1 is 1.59 bits per heavy atom. The van der Waals surface area contributed by atoms with Gasteiger partial charge in [-0.3, -0.25) is 0 Å². The van der Waals surface area contributed by atoms with Crippen LogP contribution in [0.2, 0.25) is 0 Å². The van der Waals surface area contributed by atoms with Gasteiger partial charge in [-0.25, -0.2) is 4.79 Å². The molecule has 0 radical (unpaired) electrons. The number of fused-ring (bicyclic) bond motifs is 1. The number of hydrogen-bond donors (Lipinski definition) is 1. The van der Waals surface area contributed by atoms with Gasteiger partial charge in [-0.05, 0) is 32.0 Å². The maximum absolute atomic E-state index is 10.9. The molecule has 92 valence electrons. The van der Waals surface area contributed by atoms with Crippen molar-refractivity contribution < 1.29 is 14.3 Å². The molecule has 5 heteroatoms. The summed E-state index contributed by atoms with van der Waals surface area (Å²) in [5.41, 5.74) is 5.56. The predicted molar refractivity (Wildman–Crippen MR) is 66.9 cm³/mol. The maximum atomic E-state index is 10.9. The van der Waals surface area contributed by atoms with Crippen LogP contribution in [0.3, 0.4) is 0 Å². The molecule has 2 rings (SSSR count). The molecule has 0 spiro atoms. The number of carbonyl (C=O) groups excluding carboxylic acids is 1. The topological polar surface area (TPSA) is 61.5 Å². The van der Waals surface area contributed by atoms with E-state index in [2.05, 4.69) is 15.9 Å². The number of carbonyl (C=O) groups is 1. The van der Waals surface area contributed by atoms with Crippen molar-refractivity contribution in [1.82, 2.24) is 0 Å². The van der Waals surface area contributed by atoms with Crippen molar-refractivity contribution in [3.63, 3.8) is 0 Å². The molecule has 0 saturated carbocycles. The number of ether oxygens (including phenoxy) is 2. The number of benzene rings is 1. The van der Waals surface area contributed by atoms with Crippen molar-refractivity contribution in [2.24, 2.45) is 5.73 Å². The zero-order valence-corrected chi connectivity index (χ0v) is 11.3. The molecule has 0 saturated heterocycles. The van der Waals surface area contributed by atoms with Crippen molar-refractivity contribution in [3.8, 4) is 5.75 Å². The average molecular weight is 300 g/mol. The first-order chi connectivity index (χ1) is 7.87. The number of nitrogens with two attached hydrogens (primary N) is 1. The van der Waals surface area contributed by atoms with Crippen LogP contribution in [0.5, 0.6) is 5.75 Å². The Morgan fingerprint density at radius 3 is 2.94 bits per heavy atom. The minimum Gasteiger partial charge on any atom is -0.487 e. The summed E-state index contributed by atoms with van der Waals surface area (Å²) in [6, 6.07) is 5.64. The second-order valence-corrected chi connectivity index (χ2v) is 5.59. The highest BCUT2D eigenvalue weighted by Gasteiger charge is 2.35. The van der Waals surface area contributed by atoms with Gasteiger partial charge in [0.1, 0.15) is 17.5 Å². The first kappa shape index (κ1) is 12.2. The molecule has 4 nitrogen and oxygen atoms in total. The lowest BCUT2D eigenvalue weighted by molar-refractivity contribution is 0.00301. The first-order valence-electron chi connectivity index (χ1n) is 5.32. The Labute approximate surface area is 108 Å². The average Bonchev–Trinajstić information content (AvgIpc) is 2.17. The van der Waals surface area contributed by atoms with Gasteiger partial charge in [0, 0.05) is 16.5 Å². The Kier molecular flexibility index (Phi) is 3.03. The Balaban J connectivity index is 2.40. The van der Waals surface area contributed by atoms with E-state index >= 15 is 0 Å². The molecule has 1 unspecified atom stereocenters. The summed E-state index contributed by atoms with van der Waals surface area (Å²) in [5.74, 6) is 0.732. The van der Waals surface area contributed by atoms with Crippen molar-refractivity contribution in [2.75, 3.05) is 0 Å². The van der Waals surface area contributed by atoms with Gasteiger partial charge >= 0.3 is 6.09 Å². The minimum atomic E-state index is -0.765. The van der Waals surface area contributed by atoms with Crippen molar-refractivity contribution >= 4 is 22.0 Å². The highest BCUT2D eigenvalue weighted by Crippen LogP contribution is 2.42. The summed E-state index contributed by atoms with van der Waals surface area (Å²) in [7, 11) is 0. The summed E-state index contributed by atoms with van der Waals surface area (Å²) in [6.07, 6.45) is -0.540. The van der Waals surface area contributed by atoms with Crippen molar-refractivity contribution in [3.05, 3.63) is 28.2 Å². The highest BCUT2D eigenvalue weighted by atomic mass is 79.9. The number of amides is 1. The molecular formula is C12H14BrNO3. The van der Waals surface area contributed by atoms with Gasteiger partial charge in [-0.1, -0.05) is 15.9 Å². The van der Waals surface area contributed by atoms with Gasteiger partial charge in [0.05, 0.1) is 0 Å². The highest BCUT2D eigenvalue weighted by molar-refractivity contribution is 9.10. The number of rotatable bonds is 1. The molecule has 2 N–H and O–H groups in total. The van der Waals surface area contributed by atoms with Crippen LogP contribution in [0.15, 0.2) is 22.7 Å². The molecule has 1 heterocycles. The van der Waals surface area contributed by atoms with Crippen LogP contribution in [0, 0.1) is 0 Å². The zero-order chi connectivity index (χ0) is 12.6. The van der Waals surface area contributed by atoms with Gasteiger partial charge < -0.3 is 15.2 Å². The molecule has 0 aliphatic carbocycles. The third kappa shape index (κ3) is 2.72. The van der Waals surface area contributed by atoms with Gasteiger partial charge in [-0.15, -0.1) is 0 Å². The van der Waals surface area contributed by atoms with Crippen molar-refractivity contribution in [1.29, 1.82) is 0 Å². The lowest BCUT2D eigenvalue weighted by Gasteiger charge is -2.36. The standard InChI is InChI=1S/C12H14BrNO3/c1-12(2)6-10(16-11(14)15)8-5-7(13)3-4-9(8)17-12/h3-5,10H,6H2,1-2H3,(H2,14,15). The molecule has 0 fully saturated rings. The number of halogens is 1. The zero-order valence-electron chi connectivity index (χ0n) is 9.70. The smallest absolute Gasteiger partial charge is 0.405 e. The summed E-state index contributed by atoms with van der Waals surface area (Å²) < 4.78 is 11.9. The Morgan fingerprint density at radius 2 is 2.29 bits per heavy atom. The fraction of sp³-hybridized carbons (Fsp3) is 0.417. The van der Waals surface area contributed by atoms with E-state index in [9.17, 15) is 4.79 Å². The van der Waals surface area contributed by atoms with Gasteiger partial charge in [0.2, 0.25) is 0 Å². The molecule has 1 aliphatic rings. The van der Waals surface area contributed by atoms with E-state index in [-0.39, 0.29) is 11.7 Å². The molecule has 1 aromatic carbocycles. The van der Waals surface area contributed by atoms with Crippen LogP contribution >= 0.6 is 15.9 Å². The van der Waals surface area contributed by atoms with Gasteiger partial charge in [0.25, 0.3) is 0 Å². The largest absolute Gasteiger partial charge is 0.487 e. The Hall–Kier alpha value is -1.23. The van der Waals surface area contributed by atoms with E-state index in [0.717, 1.165) is 15.8 Å². The molecular weight excluding hydrogens is 286 g/mol. The van der Waals surface area contributed by atoms with Crippen LogP contribution in [0.25, 0.3) is 0 Å². The van der Waals surface area contributed by atoms with Crippen LogP contribution in [0.4, 0.5) is 4.79 Å². The summed E-state index contributed by atoms with van der Waals surface area (Å²) in [4.78, 5) is 10.9.